The summed E-state index contributed by atoms with van der Waals surface area (Å²) in [5.74, 6) is -0.615. The predicted octanol–water partition coefficient (Wildman–Crippen LogP) is 4.01. The highest BCUT2D eigenvalue weighted by molar-refractivity contribution is 6.00. The van der Waals surface area contributed by atoms with Gasteiger partial charge in [0.05, 0.1) is 5.56 Å². The number of carbonyl (C=O) groups is 2. The molecule has 0 saturated heterocycles. The van der Waals surface area contributed by atoms with Crippen molar-refractivity contribution in [1.29, 1.82) is 0 Å². The van der Waals surface area contributed by atoms with Crippen LogP contribution in [0.4, 0.5) is 11.5 Å². The molecule has 2 amide bonds. The number of benzene rings is 2. The van der Waals surface area contributed by atoms with Gasteiger partial charge in [-0.3, -0.25) is 9.59 Å². The summed E-state index contributed by atoms with van der Waals surface area (Å²) in [5.41, 5.74) is 10.9. The van der Waals surface area contributed by atoms with E-state index in [2.05, 4.69) is 15.6 Å². The highest BCUT2D eigenvalue weighted by Gasteiger charge is 2.19. The van der Waals surface area contributed by atoms with Crippen LogP contribution in [0, 0.1) is 6.92 Å². The second-order valence-corrected chi connectivity index (χ2v) is 8.31. The average molecular weight is 447 g/mol. The lowest BCUT2D eigenvalue weighted by Gasteiger charge is -2.15. The smallest absolute Gasteiger partial charge is 0.257 e. The van der Waals surface area contributed by atoms with Gasteiger partial charge in [0.2, 0.25) is 0 Å². The molecule has 2 aromatic carbocycles. The molecule has 1 atom stereocenters. The first-order valence-corrected chi connectivity index (χ1v) is 10.9. The Morgan fingerprint density at radius 1 is 1.12 bits per heavy atom. The standard InChI is InChI=1S/C26H30N4O3/c1-5-17-7-6-8-18(12-17)23(31)26(33)30-20-9-10-21(16(4)11-20)19-13-22(24(27)28-14-19)25(32)29-15(2)3/h6-15,23,31H,5H2,1-4H3,(H2,27,28)(H,29,32)(H,30,33)/t23-/m1/s1. The van der Waals surface area contributed by atoms with Gasteiger partial charge in [-0.15, -0.1) is 0 Å². The lowest BCUT2D eigenvalue weighted by atomic mass is 9.99. The number of nitrogens with one attached hydrogen (secondary N) is 2. The minimum absolute atomic E-state index is 0.0232. The Bertz CT molecular complexity index is 1170. The zero-order chi connectivity index (χ0) is 24.1. The van der Waals surface area contributed by atoms with E-state index in [1.54, 1.807) is 24.4 Å². The lowest BCUT2D eigenvalue weighted by Crippen LogP contribution is -2.30. The van der Waals surface area contributed by atoms with Crippen LogP contribution in [0.15, 0.2) is 54.7 Å². The van der Waals surface area contributed by atoms with Crippen molar-refractivity contribution in [2.24, 2.45) is 0 Å². The minimum Gasteiger partial charge on any atom is -0.383 e. The summed E-state index contributed by atoms with van der Waals surface area (Å²) < 4.78 is 0. The number of aromatic nitrogens is 1. The quantitative estimate of drug-likeness (QED) is 0.437. The summed E-state index contributed by atoms with van der Waals surface area (Å²) in [6.07, 6.45) is 1.18. The summed E-state index contributed by atoms with van der Waals surface area (Å²) in [6, 6.07) is 14.5. The molecule has 0 saturated carbocycles. The fourth-order valence-corrected chi connectivity index (χ4v) is 3.55. The average Bonchev–Trinajstić information content (AvgIpc) is 2.78. The van der Waals surface area contributed by atoms with Gasteiger partial charge in [-0.05, 0) is 67.6 Å². The van der Waals surface area contributed by atoms with Crippen LogP contribution >= 0.6 is 0 Å². The zero-order valence-electron chi connectivity index (χ0n) is 19.3. The highest BCUT2D eigenvalue weighted by atomic mass is 16.3. The van der Waals surface area contributed by atoms with Crippen molar-refractivity contribution >= 4 is 23.3 Å². The maximum Gasteiger partial charge on any atom is 0.257 e. The van der Waals surface area contributed by atoms with Gasteiger partial charge >= 0.3 is 0 Å². The normalized spacial score (nSPS) is 11.8. The van der Waals surface area contributed by atoms with Gasteiger partial charge in [-0.1, -0.05) is 37.3 Å². The Labute approximate surface area is 194 Å². The van der Waals surface area contributed by atoms with Crippen molar-refractivity contribution in [2.75, 3.05) is 11.1 Å². The van der Waals surface area contributed by atoms with Crippen LogP contribution in [0.5, 0.6) is 0 Å². The number of rotatable bonds is 7. The molecule has 1 aromatic heterocycles. The van der Waals surface area contributed by atoms with Crippen LogP contribution in [0.3, 0.4) is 0 Å². The van der Waals surface area contributed by atoms with Gasteiger partial charge < -0.3 is 21.5 Å². The summed E-state index contributed by atoms with van der Waals surface area (Å²) in [6.45, 7) is 7.67. The second-order valence-electron chi connectivity index (χ2n) is 8.31. The molecule has 3 aromatic rings. The molecule has 1 heterocycles. The third kappa shape index (κ3) is 5.75. The zero-order valence-corrected chi connectivity index (χ0v) is 19.3. The van der Waals surface area contributed by atoms with Crippen LogP contribution in [0.25, 0.3) is 11.1 Å². The Kier molecular flexibility index (Phi) is 7.45. The van der Waals surface area contributed by atoms with Gasteiger partial charge in [0, 0.05) is 23.5 Å². The molecule has 0 aliphatic rings. The number of anilines is 2. The van der Waals surface area contributed by atoms with Crippen molar-refractivity contribution in [2.45, 2.75) is 46.3 Å². The third-order valence-corrected chi connectivity index (χ3v) is 5.31. The molecule has 5 N–H and O–H groups in total. The molecular weight excluding hydrogens is 416 g/mol. The molecule has 0 fully saturated rings. The molecule has 0 aliphatic heterocycles. The molecule has 172 valence electrons. The topological polar surface area (TPSA) is 117 Å². The molecule has 0 spiro atoms. The molecule has 0 radical (unpaired) electrons. The summed E-state index contributed by atoms with van der Waals surface area (Å²) in [7, 11) is 0. The fraction of sp³-hybridized carbons (Fsp3) is 0.269. The second kappa shape index (κ2) is 10.3. The number of pyridine rings is 1. The van der Waals surface area contributed by atoms with Gasteiger partial charge in [0.15, 0.2) is 6.10 Å². The Morgan fingerprint density at radius 2 is 1.88 bits per heavy atom. The van der Waals surface area contributed by atoms with E-state index in [1.165, 1.54) is 0 Å². The number of carbonyl (C=O) groups excluding carboxylic acids is 2. The van der Waals surface area contributed by atoms with Gasteiger partial charge in [0.25, 0.3) is 11.8 Å². The predicted molar refractivity (Wildman–Crippen MR) is 131 cm³/mol. The maximum absolute atomic E-state index is 12.6. The van der Waals surface area contributed by atoms with Crippen LogP contribution in [-0.4, -0.2) is 27.9 Å². The van der Waals surface area contributed by atoms with Crippen molar-refractivity contribution in [1.82, 2.24) is 10.3 Å². The van der Waals surface area contributed by atoms with E-state index in [0.29, 0.717) is 16.8 Å². The molecule has 7 heteroatoms. The van der Waals surface area contributed by atoms with Crippen molar-refractivity contribution in [3.63, 3.8) is 0 Å². The van der Waals surface area contributed by atoms with E-state index in [-0.39, 0.29) is 17.8 Å². The molecule has 7 nitrogen and oxygen atoms in total. The fourth-order valence-electron chi connectivity index (χ4n) is 3.55. The molecule has 0 bridgehead atoms. The molecule has 33 heavy (non-hydrogen) atoms. The molecule has 3 rings (SSSR count). The number of hydrogen-bond acceptors (Lipinski definition) is 5. The van der Waals surface area contributed by atoms with Crippen molar-refractivity contribution in [3.8, 4) is 11.1 Å². The first kappa shape index (κ1) is 23.9. The monoisotopic (exact) mass is 446 g/mol. The highest BCUT2D eigenvalue weighted by Crippen LogP contribution is 2.28. The van der Waals surface area contributed by atoms with Gasteiger partial charge in [-0.25, -0.2) is 4.98 Å². The molecule has 0 unspecified atom stereocenters. The first-order valence-electron chi connectivity index (χ1n) is 10.9. The van der Waals surface area contributed by atoms with Crippen LogP contribution in [0.1, 0.15) is 53.9 Å². The molecule has 0 aliphatic carbocycles. The number of hydrogen-bond donors (Lipinski definition) is 4. The van der Waals surface area contributed by atoms with Crippen LogP contribution in [0.2, 0.25) is 0 Å². The number of nitrogen functional groups attached to an aromatic ring is 1. The van der Waals surface area contributed by atoms with Crippen molar-refractivity contribution < 1.29 is 14.7 Å². The van der Waals surface area contributed by atoms with Crippen LogP contribution < -0.4 is 16.4 Å². The van der Waals surface area contributed by atoms with Crippen molar-refractivity contribution in [3.05, 3.63) is 77.0 Å². The van der Waals surface area contributed by atoms with Gasteiger partial charge in [-0.2, -0.15) is 0 Å². The summed E-state index contributed by atoms with van der Waals surface area (Å²) in [4.78, 5) is 29.2. The number of nitrogens with zero attached hydrogens (tertiary/aromatic N) is 1. The van der Waals surface area contributed by atoms with Crippen LogP contribution in [-0.2, 0) is 11.2 Å². The van der Waals surface area contributed by atoms with E-state index >= 15 is 0 Å². The van der Waals surface area contributed by atoms with E-state index in [9.17, 15) is 14.7 Å². The largest absolute Gasteiger partial charge is 0.383 e. The first-order chi connectivity index (χ1) is 15.7. The van der Waals surface area contributed by atoms with E-state index in [1.807, 2.05) is 58.0 Å². The molecular formula is C26H30N4O3. The summed E-state index contributed by atoms with van der Waals surface area (Å²) >= 11 is 0. The van der Waals surface area contributed by atoms with E-state index in [0.717, 1.165) is 28.7 Å². The van der Waals surface area contributed by atoms with E-state index in [4.69, 9.17) is 5.73 Å². The number of nitrogens with two attached hydrogens (primary N) is 1. The number of aryl methyl sites for hydroxylation is 2. The number of aliphatic hydroxyl groups excluding tert-OH is 1. The Balaban J connectivity index is 1.80. The lowest BCUT2D eigenvalue weighted by molar-refractivity contribution is -0.124. The third-order valence-electron chi connectivity index (χ3n) is 5.31. The maximum atomic E-state index is 12.6. The van der Waals surface area contributed by atoms with Gasteiger partial charge in [0.1, 0.15) is 5.82 Å². The van der Waals surface area contributed by atoms with E-state index < -0.39 is 12.0 Å². The number of aliphatic hydroxyl groups is 1. The minimum atomic E-state index is -1.26. The Morgan fingerprint density at radius 3 is 2.55 bits per heavy atom. The Hall–Kier alpha value is -3.71. The summed E-state index contributed by atoms with van der Waals surface area (Å²) in [5, 5.41) is 16.1. The number of amides is 2. The SMILES string of the molecule is CCc1cccc([C@@H](O)C(=O)Nc2ccc(-c3cnc(N)c(C(=O)NC(C)C)c3)c(C)c2)c1.